The molecule has 0 saturated carbocycles. The summed E-state index contributed by atoms with van der Waals surface area (Å²) in [5.41, 5.74) is 5.71. The third-order valence-corrected chi connectivity index (χ3v) is 4.76. The highest BCUT2D eigenvalue weighted by molar-refractivity contribution is 9.10. The van der Waals surface area contributed by atoms with Gasteiger partial charge in [0.1, 0.15) is 4.90 Å². The standard InChI is InChI=1S/C12H14BrFN4O2S/c13-10-7-9(15)8-11(12(10)14)21(19,20)17-4-2-6-18-5-1-3-16-18/h1,3,5,7-8,17H,2,4,6,15H2. The molecule has 21 heavy (non-hydrogen) atoms. The van der Waals surface area contributed by atoms with Gasteiger partial charge < -0.3 is 5.73 Å². The van der Waals surface area contributed by atoms with Crippen molar-refractivity contribution in [1.29, 1.82) is 0 Å². The Morgan fingerprint density at radius 3 is 2.86 bits per heavy atom. The number of rotatable bonds is 6. The maximum Gasteiger partial charge on any atom is 0.243 e. The number of hydrogen-bond donors (Lipinski definition) is 2. The van der Waals surface area contributed by atoms with E-state index in [1.54, 1.807) is 23.1 Å². The maximum atomic E-state index is 13.9. The number of aryl methyl sites for hydroxylation is 1. The van der Waals surface area contributed by atoms with Crippen LogP contribution in [0.2, 0.25) is 0 Å². The Labute approximate surface area is 130 Å². The molecular formula is C12H14BrFN4O2S. The highest BCUT2D eigenvalue weighted by atomic mass is 79.9. The van der Waals surface area contributed by atoms with E-state index < -0.39 is 20.7 Å². The molecule has 1 aromatic carbocycles. The molecule has 3 N–H and O–H groups in total. The number of hydrogen-bond acceptors (Lipinski definition) is 4. The molecule has 0 spiro atoms. The first-order valence-corrected chi connectivity index (χ1v) is 8.39. The molecule has 1 heterocycles. The number of nitrogens with zero attached hydrogens (tertiary/aromatic N) is 2. The number of nitrogens with two attached hydrogens (primary N) is 1. The van der Waals surface area contributed by atoms with Crippen LogP contribution in [-0.4, -0.2) is 24.7 Å². The number of aromatic nitrogens is 2. The van der Waals surface area contributed by atoms with Gasteiger partial charge in [-0.25, -0.2) is 17.5 Å². The predicted molar refractivity (Wildman–Crippen MR) is 80.5 cm³/mol. The summed E-state index contributed by atoms with van der Waals surface area (Å²) in [5.74, 6) is -0.858. The minimum absolute atomic E-state index is 0.0133. The fraction of sp³-hybridized carbons (Fsp3) is 0.250. The third-order valence-electron chi connectivity index (χ3n) is 2.72. The number of anilines is 1. The van der Waals surface area contributed by atoms with E-state index in [0.29, 0.717) is 13.0 Å². The Kier molecular flexibility index (Phi) is 4.96. The fourth-order valence-corrected chi connectivity index (χ4v) is 3.55. The second kappa shape index (κ2) is 6.54. The molecule has 6 nitrogen and oxygen atoms in total. The molecule has 1 aromatic heterocycles. The first-order chi connectivity index (χ1) is 9.90. The summed E-state index contributed by atoms with van der Waals surface area (Å²) in [6.07, 6.45) is 3.96. The highest BCUT2D eigenvalue weighted by Crippen LogP contribution is 2.25. The molecule has 0 aliphatic rings. The molecule has 9 heteroatoms. The summed E-state index contributed by atoms with van der Waals surface area (Å²) in [7, 11) is -3.94. The Hall–Kier alpha value is -1.45. The van der Waals surface area contributed by atoms with Crippen LogP contribution in [0.1, 0.15) is 6.42 Å². The summed E-state index contributed by atoms with van der Waals surface area (Å²) >= 11 is 2.94. The van der Waals surface area contributed by atoms with Crippen molar-refractivity contribution in [1.82, 2.24) is 14.5 Å². The summed E-state index contributed by atoms with van der Waals surface area (Å²) in [6, 6.07) is 4.19. The first-order valence-electron chi connectivity index (χ1n) is 6.12. The Morgan fingerprint density at radius 1 is 1.43 bits per heavy atom. The lowest BCUT2D eigenvalue weighted by molar-refractivity contribution is 0.540. The quantitative estimate of drug-likeness (QED) is 0.593. The van der Waals surface area contributed by atoms with Gasteiger partial charge in [-0.15, -0.1) is 0 Å². The zero-order valence-corrected chi connectivity index (χ0v) is 13.4. The second-order valence-corrected chi connectivity index (χ2v) is 6.93. The topological polar surface area (TPSA) is 90.0 Å². The molecule has 0 unspecified atom stereocenters. The summed E-state index contributed by atoms with van der Waals surface area (Å²) < 4.78 is 42.1. The SMILES string of the molecule is Nc1cc(Br)c(F)c(S(=O)(=O)NCCCn2cccn2)c1. The lowest BCUT2D eigenvalue weighted by atomic mass is 10.3. The highest BCUT2D eigenvalue weighted by Gasteiger charge is 2.21. The Bertz CT molecular complexity index is 719. The second-order valence-electron chi connectivity index (χ2n) is 4.34. The van der Waals surface area contributed by atoms with E-state index in [0.717, 1.165) is 6.07 Å². The predicted octanol–water partition coefficient (Wildman–Crippen LogP) is 1.74. The van der Waals surface area contributed by atoms with Gasteiger partial charge in [0.15, 0.2) is 5.82 Å². The van der Waals surface area contributed by atoms with Gasteiger partial charge in [0.05, 0.1) is 4.47 Å². The average Bonchev–Trinajstić information content (AvgIpc) is 2.92. The molecule has 0 aliphatic carbocycles. The molecule has 2 rings (SSSR count). The van der Waals surface area contributed by atoms with E-state index in [2.05, 4.69) is 25.8 Å². The van der Waals surface area contributed by atoms with Crippen molar-refractivity contribution in [2.75, 3.05) is 12.3 Å². The average molecular weight is 377 g/mol. The lowest BCUT2D eigenvalue weighted by Gasteiger charge is -2.09. The van der Waals surface area contributed by atoms with Crippen LogP contribution in [0.5, 0.6) is 0 Å². The van der Waals surface area contributed by atoms with Crippen molar-refractivity contribution >= 4 is 31.6 Å². The molecule has 0 aliphatic heterocycles. The fourth-order valence-electron chi connectivity index (χ4n) is 1.74. The van der Waals surface area contributed by atoms with Crippen LogP contribution < -0.4 is 10.5 Å². The van der Waals surface area contributed by atoms with Gasteiger partial charge in [-0.05, 0) is 40.5 Å². The van der Waals surface area contributed by atoms with Crippen LogP contribution in [0.15, 0.2) is 40.0 Å². The van der Waals surface area contributed by atoms with Gasteiger partial charge in [0.25, 0.3) is 0 Å². The number of nitrogen functional groups attached to an aromatic ring is 1. The van der Waals surface area contributed by atoms with E-state index in [1.165, 1.54) is 6.07 Å². The molecule has 0 bridgehead atoms. The zero-order valence-electron chi connectivity index (χ0n) is 11.0. The summed E-state index contributed by atoms with van der Waals surface area (Å²) in [6.45, 7) is 0.743. The maximum absolute atomic E-state index is 13.9. The van der Waals surface area contributed by atoms with E-state index in [-0.39, 0.29) is 16.7 Å². The van der Waals surface area contributed by atoms with Gasteiger partial charge in [-0.3, -0.25) is 4.68 Å². The number of halogens is 2. The van der Waals surface area contributed by atoms with Crippen molar-refractivity contribution < 1.29 is 12.8 Å². The molecule has 0 saturated heterocycles. The first kappa shape index (κ1) is 15.9. The number of nitrogens with one attached hydrogen (secondary N) is 1. The van der Waals surface area contributed by atoms with Crippen LogP contribution in [0.25, 0.3) is 0 Å². The summed E-state index contributed by atoms with van der Waals surface area (Å²) in [4.78, 5) is -0.464. The molecule has 114 valence electrons. The van der Waals surface area contributed by atoms with Crippen LogP contribution in [0.3, 0.4) is 0 Å². The normalized spacial score (nSPS) is 11.7. The molecule has 0 fully saturated rings. The molecular weight excluding hydrogens is 363 g/mol. The smallest absolute Gasteiger partial charge is 0.243 e. The molecule has 0 amide bonds. The van der Waals surface area contributed by atoms with Gasteiger partial charge in [0.2, 0.25) is 10.0 Å². The van der Waals surface area contributed by atoms with Gasteiger partial charge in [0, 0.05) is 31.2 Å². The number of benzene rings is 1. The van der Waals surface area contributed by atoms with E-state index in [1.807, 2.05) is 0 Å². The van der Waals surface area contributed by atoms with Gasteiger partial charge in [-0.2, -0.15) is 5.10 Å². The summed E-state index contributed by atoms with van der Waals surface area (Å²) in [5, 5.41) is 4.00. The Morgan fingerprint density at radius 2 is 2.19 bits per heavy atom. The third kappa shape index (κ3) is 4.02. The Balaban J connectivity index is 2.02. The lowest BCUT2D eigenvalue weighted by Crippen LogP contribution is -2.26. The van der Waals surface area contributed by atoms with Gasteiger partial charge >= 0.3 is 0 Å². The van der Waals surface area contributed by atoms with E-state index in [4.69, 9.17) is 5.73 Å². The molecule has 0 atom stereocenters. The zero-order chi connectivity index (χ0) is 15.5. The van der Waals surface area contributed by atoms with Crippen molar-refractivity contribution in [3.05, 3.63) is 40.9 Å². The van der Waals surface area contributed by atoms with Gasteiger partial charge in [-0.1, -0.05) is 0 Å². The van der Waals surface area contributed by atoms with Crippen molar-refractivity contribution in [3.63, 3.8) is 0 Å². The van der Waals surface area contributed by atoms with E-state index >= 15 is 0 Å². The minimum Gasteiger partial charge on any atom is -0.399 e. The van der Waals surface area contributed by atoms with Crippen molar-refractivity contribution in [2.45, 2.75) is 17.9 Å². The van der Waals surface area contributed by atoms with Crippen LogP contribution in [-0.2, 0) is 16.6 Å². The molecule has 0 radical (unpaired) electrons. The largest absolute Gasteiger partial charge is 0.399 e. The minimum atomic E-state index is -3.94. The monoisotopic (exact) mass is 376 g/mol. The molecule has 2 aromatic rings. The van der Waals surface area contributed by atoms with Crippen LogP contribution in [0, 0.1) is 5.82 Å². The van der Waals surface area contributed by atoms with Crippen molar-refractivity contribution in [3.8, 4) is 0 Å². The van der Waals surface area contributed by atoms with Crippen molar-refractivity contribution in [2.24, 2.45) is 0 Å². The number of sulfonamides is 1. The van der Waals surface area contributed by atoms with E-state index in [9.17, 15) is 12.8 Å². The van der Waals surface area contributed by atoms with Crippen LogP contribution in [0.4, 0.5) is 10.1 Å². The van der Waals surface area contributed by atoms with Crippen LogP contribution >= 0.6 is 15.9 Å².